The van der Waals surface area contributed by atoms with Crippen LogP contribution in [0.3, 0.4) is 0 Å². The molecule has 1 aromatic heterocycles. The number of carbonyl (C=O) groups is 1. The van der Waals surface area contributed by atoms with Crippen LogP contribution in [-0.4, -0.2) is 21.8 Å². The third-order valence-electron chi connectivity index (χ3n) is 5.28. The Morgan fingerprint density at radius 1 is 1.07 bits per heavy atom. The SMILES string of the molecule is Cc1ccc(CN(Cc2cncc(C(=O)Nc3ccc(C#N)cc3)c2)C2CC2)cc1. The van der Waals surface area contributed by atoms with Crippen LogP contribution in [0.4, 0.5) is 5.69 Å². The van der Waals surface area contributed by atoms with E-state index in [0.717, 1.165) is 18.7 Å². The second kappa shape index (κ2) is 8.89. The first-order valence-corrected chi connectivity index (χ1v) is 10.2. The maximum atomic E-state index is 12.6. The second-order valence-corrected chi connectivity index (χ2v) is 7.85. The van der Waals surface area contributed by atoms with Gasteiger partial charge in [-0.3, -0.25) is 14.7 Å². The van der Waals surface area contributed by atoms with Crippen LogP contribution >= 0.6 is 0 Å². The summed E-state index contributed by atoms with van der Waals surface area (Å²) in [6, 6.07) is 20.1. The molecule has 2 aromatic carbocycles. The van der Waals surface area contributed by atoms with Crippen LogP contribution in [0.25, 0.3) is 0 Å². The summed E-state index contributed by atoms with van der Waals surface area (Å²) in [5, 5.41) is 11.8. The number of nitrogens with zero attached hydrogens (tertiary/aromatic N) is 3. The lowest BCUT2D eigenvalue weighted by Gasteiger charge is -2.22. The predicted molar refractivity (Wildman–Crippen MR) is 117 cm³/mol. The molecule has 1 amide bonds. The van der Waals surface area contributed by atoms with Gasteiger partial charge >= 0.3 is 0 Å². The van der Waals surface area contributed by atoms with Gasteiger partial charge in [0.05, 0.1) is 17.2 Å². The molecule has 5 nitrogen and oxygen atoms in total. The van der Waals surface area contributed by atoms with Crippen molar-refractivity contribution in [3.63, 3.8) is 0 Å². The summed E-state index contributed by atoms with van der Waals surface area (Å²) in [7, 11) is 0. The van der Waals surface area contributed by atoms with Crippen molar-refractivity contribution in [1.82, 2.24) is 9.88 Å². The molecule has 1 N–H and O–H groups in total. The highest BCUT2D eigenvalue weighted by Crippen LogP contribution is 2.30. The Labute approximate surface area is 177 Å². The number of pyridine rings is 1. The smallest absolute Gasteiger partial charge is 0.257 e. The Kier molecular flexibility index (Phi) is 5.87. The number of anilines is 1. The number of hydrogen-bond acceptors (Lipinski definition) is 4. The summed E-state index contributed by atoms with van der Waals surface area (Å²) < 4.78 is 0. The summed E-state index contributed by atoms with van der Waals surface area (Å²) in [6.07, 6.45) is 5.86. The van der Waals surface area contributed by atoms with Crippen LogP contribution in [0, 0.1) is 18.3 Å². The fourth-order valence-electron chi connectivity index (χ4n) is 3.45. The van der Waals surface area contributed by atoms with Crippen molar-refractivity contribution in [3.8, 4) is 6.07 Å². The number of rotatable bonds is 7. The predicted octanol–water partition coefficient (Wildman–Crippen LogP) is 4.68. The molecule has 0 saturated heterocycles. The van der Waals surface area contributed by atoms with E-state index in [-0.39, 0.29) is 5.91 Å². The Morgan fingerprint density at radius 2 is 1.77 bits per heavy atom. The first-order valence-electron chi connectivity index (χ1n) is 10.2. The molecule has 150 valence electrons. The molecule has 0 atom stereocenters. The molecular formula is C25H24N4O. The van der Waals surface area contributed by atoms with Gasteiger partial charge in [0.15, 0.2) is 0 Å². The van der Waals surface area contributed by atoms with E-state index in [4.69, 9.17) is 5.26 Å². The van der Waals surface area contributed by atoms with E-state index < -0.39 is 0 Å². The van der Waals surface area contributed by atoms with Gasteiger partial charge in [-0.1, -0.05) is 29.8 Å². The normalized spacial score (nSPS) is 13.1. The highest BCUT2D eigenvalue weighted by molar-refractivity contribution is 6.04. The van der Waals surface area contributed by atoms with Crippen LogP contribution in [0.5, 0.6) is 0 Å². The summed E-state index contributed by atoms with van der Waals surface area (Å²) in [4.78, 5) is 19.4. The fourth-order valence-corrected chi connectivity index (χ4v) is 3.45. The second-order valence-electron chi connectivity index (χ2n) is 7.85. The van der Waals surface area contributed by atoms with Crippen LogP contribution < -0.4 is 5.32 Å². The third-order valence-corrected chi connectivity index (χ3v) is 5.28. The van der Waals surface area contributed by atoms with E-state index in [1.165, 1.54) is 24.0 Å². The molecule has 1 aliphatic rings. The molecule has 0 radical (unpaired) electrons. The average Bonchev–Trinajstić information content (AvgIpc) is 3.61. The Morgan fingerprint density at radius 3 is 2.43 bits per heavy atom. The van der Waals surface area contributed by atoms with Crippen LogP contribution in [0.15, 0.2) is 67.0 Å². The molecule has 1 aliphatic carbocycles. The minimum atomic E-state index is -0.203. The maximum Gasteiger partial charge on any atom is 0.257 e. The van der Waals surface area contributed by atoms with Gasteiger partial charge in [-0.05, 0) is 61.2 Å². The first-order chi connectivity index (χ1) is 14.6. The molecule has 1 saturated carbocycles. The summed E-state index contributed by atoms with van der Waals surface area (Å²) in [6.45, 7) is 3.76. The van der Waals surface area contributed by atoms with Crippen molar-refractivity contribution in [2.75, 3.05) is 5.32 Å². The van der Waals surface area contributed by atoms with E-state index in [9.17, 15) is 4.79 Å². The number of hydrogen-bond donors (Lipinski definition) is 1. The molecule has 5 heteroatoms. The van der Waals surface area contributed by atoms with Gasteiger partial charge in [-0.25, -0.2) is 0 Å². The van der Waals surface area contributed by atoms with Gasteiger partial charge in [0.2, 0.25) is 0 Å². The van der Waals surface area contributed by atoms with Gasteiger partial charge < -0.3 is 5.32 Å². The quantitative estimate of drug-likeness (QED) is 0.630. The number of amides is 1. The van der Waals surface area contributed by atoms with Gasteiger partial charge in [0.1, 0.15) is 0 Å². The molecule has 1 heterocycles. The molecule has 3 aromatic rings. The molecule has 1 fully saturated rings. The van der Waals surface area contributed by atoms with Crippen molar-refractivity contribution >= 4 is 11.6 Å². The molecule has 4 rings (SSSR count). The molecule has 0 unspecified atom stereocenters. The van der Waals surface area contributed by atoms with E-state index in [1.807, 2.05) is 12.3 Å². The minimum absolute atomic E-state index is 0.203. The Balaban J connectivity index is 1.44. The van der Waals surface area contributed by atoms with Gasteiger partial charge in [-0.15, -0.1) is 0 Å². The van der Waals surface area contributed by atoms with E-state index >= 15 is 0 Å². The maximum absolute atomic E-state index is 12.6. The summed E-state index contributed by atoms with van der Waals surface area (Å²) in [5.74, 6) is -0.203. The zero-order valence-corrected chi connectivity index (χ0v) is 17.0. The van der Waals surface area contributed by atoms with Crippen molar-refractivity contribution in [1.29, 1.82) is 5.26 Å². The van der Waals surface area contributed by atoms with Gasteiger partial charge in [0, 0.05) is 37.2 Å². The monoisotopic (exact) mass is 396 g/mol. The fraction of sp³-hybridized carbons (Fsp3) is 0.240. The first kappa shape index (κ1) is 19.8. The highest BCUT2D eigenvalue weighted by atomic mass is 16.1. The number of nitriles is 1. The number of aromatic nitrogens is 1. The highest BCUT2D eigenvalue weighted by Gasteiger charge is 2.29. The number of benzene rings is 2. The van der Waals surface area contributed by atoms with E-state index in [1.54, 1.807) is 30.5 Å². The lowest BCUT2D eigenvalue weighted by atomic mass is 10.1. The van der Waals surface area contributed by atoms with Crippen LogP contribution in [-0.2, 0) is 13.1 Å². The Bertz CT molecular complexity index is 1060. The molecule has 0 spiro atoms. The third kappa shape index (κ3) is 5.11. The Hall–Kier alpha value is -3.49. The summed E-state index contributed by atoms with van der Waals surface area (Å²) in [5.41, 5.74) is 5.34. The minimum Gasteiger partial charge on any atom is -0.322 e. The topological polar surface area (TPSA) is 69.0 Å². The van der Waals surface area contributed by atoms with Crippen molar-refractivity contribution in [2.45, 2.75) is 38.9 Å². The van der Waals surface area contributed by atoms with E-state index in [2.05, 4.69) is 52.5 Å². The lowest BCUT2D eigenvalue weighted by molar-refractivity contribution is 0.102. The van der Waals surface area contributed by atoms with Gasteiger partial charge in [0.25, 0.3) is 5.91 Å². The van der Waals surface area contributed by atoms with Crippen molar-refractivity contribution in [2.24, 2.45) is 0 Å². The van der Waals surface area contributed by atoms with Crippen molar-refractivity contribution < 1.29 is 4.79 Å². The van der Waals surface area contributed by atoms with Crippen molar-refractivity contribution in [3.05, 3.63) is 94.8 Å². The average molecular weight is 396 g/mol. The van der Waals surface area contributed by atoms with Crippen LogP contribution in [0.2, 0.25) is 0 Å². The van der Waals surface area contributed by atoms with Crippen LogP contribution in [0.1, 0.15) is 45.5 Å². The molecule has 0 bridgehead atoms. The summed E-state index contributed by atoms with van der Waals surface area (Å²) >= 11 is 0. The number of nitrogens with one attached hydrogen (secondary N) is 1. The zero-order chi connectivity index (χ0) is 20.9. The molecule has 30 heavy (non-hydrogen) atoms. The lowest BCUT2D eigenvalue weighted by Crippen LogP contribution is -2.25. The largest absolute Gasteiger partial charge is 0.322 e. The molecule has 0 aliphatic heterocycles. The zero-order valence-electron chi connectivity index (χ0n) is 17.0. The molecular weight excluding hydrogens is 372 g/mol. The number of aryl methyl sites for hydroxylation is 1. The van der Waals surface area contributed by atoms with E-state index in [0.29, 0.717) is 22.9 Å². The van der Waals surface area contributed by atoms with Gasteiger partial charge in [-0.2, -0.15) is 5.26 Å². The number of carbonyl (C=O) groups excluding carboxylic acids is 1. The standard InChI is InChI=1S/C25H24N4O/c1-18-2-4-20(5-3-18)16-29(24-10-11-24)17-21-12-22(15-27-14-21)25(30)28-23-8-6-19(13-26)7-9-23/h2-9,12,14-15,24H,10-11,16-17H2,1H3,(H,28,30).